The molecule has 2 aromatic carbocycles. The Morgan fingerprint density at radius 1 is 0.963 bits per heavy atom. The summed E-state index contributed by atoms with van der Waals surface area (Å²) >= 11 is 0. The fourth-order valence-electron chi connectivity index (χ4n) is 2.97. The Labute approximate surface area is 151 Å². The second-order valence-electron chi connectivity index (χ2n) is 7.01. The van der Waals surface area contributed by atoms with Gasteiger partial charge in [-0.2, -0.15) is 13.2 Å². The highest BCUT2D eigenvalue weighted by Gasteiger charge is 2.49. The fourth-order valence-corrected chi connectivity index (χ4v) is 2.97. The van der Waals surface area contributed by atoms with Gasteiger partial charge in [0.1, 0.15) is 11.6 Å². The van der Waals surface area contributed by atoms with Crippen molar-refractivity contribution in [1.29, 1.82) is 0 Å². The van der Waals surface area contributed by atoms with Gasteiger partial charge in [0.15, 0.2) is 5.43 Å². The van der Waals surface area contributed by atoms with E-state index in [0.29, 0.717) is 11.1 Å². The van der Waals surface area contributed by atoms with Crippen LogP contribution in [-0.4, -0.2) is 11.2 Å². The third kappa shape index (κ3) is 3.22. The number of rotatable bonds is 2. The van der Waals surface area contributed by atoms with Crippen LogP contribution in [0.3, 0.4) is 0 Å². The average molecular weight is 381 g/mol. The Morgan fingerprint density at radius 3 is 2.26 bits per heavy atom. The lowest BCUT2D eigenvalue weighted by atomic mass is 9.82. The van der Waals surface area contributed by atoms with Crippen molar-refractivity contribution in [3.05, 3.63) is 69.4 Å². The molecule has 0 atom stereocenters. The van der Waals surface area contributed by atoms with Crippen LogP contribution < -0.4 is 5.43 Å². The maximum Gasteiger partial charge on any atom is 0.398 e. The summed E-state index contributed by atoms with van der Waals surface area (Å²) in [4.78, 5) is 15.2. The van der Waals surface area contributed by atoms with Gasteiger partial charge < -0.3 is 4.98 Å². The van der Waals surface area contributed by atoms with E-state index < -0.39 is 34.2 Å². The van der Waals surface area contributed by atoms with Crippen LogP contribution in [0.15, 0.2) is 41.2 Å². The van der Waals surface area contributed by atoms with E-state index in [1.165, 1.54) is 25.1 Å². The molecular weight excluding hydrogens is 365 g/mol. The van der Waals surface area contributed by atoms with E-state index in [4.69, 9.17) is 0 Å². The molecule has 7 heteroatoms. The zero-order valence-corrected chi connectivity index (χ0v) is 14.8. The molecule has 1 N–H and O–H groups in total. The van der Waals surface area contributed by atoms with Crippen molar-refractivity contribution in [3.63, 3.8) is 0 Å². The SMILES string of the molecule is Cc1cc(C(C)(C)C(F)(F)F)c(F)cc1-c1cc(=O)c2cc(F)ccc2[nH]1. The van der Waals surface area contributed by atoms with Crippen molar-refractivity contribution in [2.45, 2.75) is 32.4 Å². The molecule has 0 aliphatic carbocycles. The first-order chi connectivity index (χ1) is 12.4. The molecule has 0 unspecified atom stereocenters. The monoisotopic (exact) mass is 381 g/mol. The molecule has 27 heavy (non-hydrogen) atoms. The number of hydrogen-bond acceptors (Lipinski definition) is 1. The van der Waals surface area contributed by atoms with Gasteiger partial charge in [-0.1, -0.05) is 6.07 Å². The minimum atomic E-state index is -4.62. The number of nitrogens with one attached hydrogen (secondary N) is 1. The predicted octanol–water partition coefficient (Wildman–Crippen LogP) is 5.62. The number of fused-ring (bicyclic) bond motifs is 1. The van der Waals surface area contributed by atoms with Crippen LogP contribution in [0.2, 0.25) is 0 Å². The molecule has 1 aromatic heterocycles. The first-order valence-corrected chi connectivity index (χ1v) is 8.12. The molecule has 0 spiro atoms. The standard InChI is InChI=1S/C20H16F5NO/c1-10-6-14(19(2,3)20(23,24)25)15(22)8-12(10)17-9-18(27)13-7-11(21)4-5-16(13)26-17/h4-9H,1-3H3,(H,26,27). The van der Waals surface area contributed by atoms with Gasteiger partial charge in [-0.05, 0) is 50.6 Å². The van der Waals surface area contributed by atoms with Crippen LogP contribution in [0.25, 0.3) is 22.2 Å². The van der Waals surface area contributed by atoms with Crippen LogP contribution in [0, 0.1) is 18.6 Å². The second-order valence-corrected chi connectivity index (χ2v) is 7.01. The number of hydrogen-bond donors (Lipinski definition) is 1. The lowest BCUT2D eigenvalue weighted by molar-refractivity contribution is -0.180. The largest absolute Gasteiger partial charge is 0.398 e. The zero-order valence-electron chi connectivity index (χ0n) is 14.8. The summed E-state index contributed by atoms with van der Waals surface area (Å²) in [6, 6.07) is 6.94. The van der Waals surface area contributed by atoms with Crippen LogP contribution in [-0.2, 0) is 5.41 Å². The van der Waals surface area contributed by atoms with Gasteiger partial charge >= 0.3 is 6.18 Å². The molecule has 0 radical (unpaired) electrons. The Bertz CT molecular complexity index is 1100. The highest BCUT2D eigenvalue weighted by Crippen LogP contribution is 2.42. The number of aromatic nitrogens is 1. The van der Waals surface area contributed by atoms with E-state index in [2.05, 4.69) is 4.98 Å². The van der Waals surface area contributed by atoms with Gasteiger partial charge in [-0.15, -0.1) is 0 Å². The second kappa shape index (κ2) is 6.18. The van der Waals surface area contributed by atoms with E-state index in [1.54, 1.807) is 0 Å². The van der Waals surface area contributed by atoms with Crippen molar-refractivity contribution in [1.82, 2.24) is 4.98 Å². The van der Waals surface area contributed by atoms with Crippen molar-refractivity contribution < 1.29 is 22.0 Å². The molecular formula is C20H16F5NO. The summed E-state index contributed by atoms with van der Waals surface area (Å²) in [5, 5.41) is 0.131. The Balaban J connectivity index is 2.20. The summed E-state index contributed by atoms with van der Waals surface area (Å²) < 4.78 is 67.7. The smallest absolute Gasteiger partial charge is 0.354 e. The van der Waals surface area contributed by atoms with Gasteiger partial charge in [0.05, 0.1) is 11.1 Å². The van der Waals surface area contributed by atoms with Gasteiger partial charge in [0, 0.05) is 28.1 Å². The van der Waals surface area contributed by atoms with Crippen molar-refractivity contribution in [2.24, 2.45) is 0 Å². The number of aryl methyl sites for hydroxylation is 1. The molecule has 0 saturated carbocycles. The topological polar surface area (TPSA) is 32.9 Å². The highest BCUT2D eigenvalue weighted by atomic mass is 19.4. The predicted molar refractivity (Wildman–Crippen MR) is 93.7 cm³/mol. The summed E-state index contributed by atoms with van der Waals surface area (Å²) in [7, 11) is 0. The van der Waals surface area contributed by atoms with E-state index in [1.807, 2.05) is 0 Å². The first kappa shape index (κ1) is 19.1. The molecule has 3 rings (SSSR count). The van der Waals surface area contributed by atoms with Gasteiger partial charge in [-0.25, -0.2) is 8.78 Å². The number of pyridine rings is 1. The van der Waals surface area contributed by atoms with Crippen molar-refractivity contribution in [3.8, 4) is 11.3 Å². The minimum absolute atomic E-state index is 0.131. The summed E-state index contributed by atoms with van der Waals surface area (Å²) in [6.07, 6.45) is -4.62. The third-order valence-corrected chi connectivity index (χ3v) is 4.78. The summed E-state index contributed by atoms with van der Waals surface area (Å²) in [5.41, 5.74) is -2.09. The van der Waals surface area contributed by atoms with E-state index >= 15 is 0 Å². The zero-order chi connectivity index (χ0) is 20.1. The van der Waals surface area contributed by atoms with Gasteiger partial charge in [0.2, 0.25) is 0 Å². The third-order valence-electron chi connectivity index (χ3n) is 4.78. The van der Waals surface area contributed by atoms with Crippen molar-refractivity contribution >= 4 is 10.9 Å². The first-order valence-electron chi connectivity index (χ1n) is 8.12. The summed E-state index contributed by atoms with van der Waals surface area (Å²) in [6.45, 7) is 3.37. The minimum Gasteiger partial charge on any atom is -0.354 e. The molecule has 1 heterocycles. The maximum absolute atomic E-state index is 14.6. The Morgan fingerprint density at radius 2 is 1.63 bits per heavy atom. The molecule has 0 saturated heterocycles. The Hall–Kier alpha value is -2.70. The average Bonchev–Trinajstić information content (AvgIpc) is 2.56. The molecule has 0 aliphatic heterocycles. The number of alkyl halides is 3. The molecule has 2 nitrogen and oxygen atoms in total. The molecule has 0 fully saturated rings. The van der Waals surface area contributed by atoms with Crippen LogP contribution in [0.5, 0.6) is 0 Å². The lowest BCUT2D eigenvalue weighted by Gasteiger charge is -2.29. The fraction of sp³-hybridized carbons (Fsp3) is 0.250. The molecule has 0 aliphatic rings. The van der Waals surface area contributed by atoms with Crippen LogP contribution in [0.4, 0.5) is 22.0 Å². The normalized spacial score (nSPS) is 12.6. The highest BCUT2D eigenvalue weighted by molar-refractivity contribution is 5.82. The van der Waals surface area contributed by atoms with Crippen LogP contribution in [0.1, 0.15) is 25.0 Å². The number of benzene rings is 2. The van der Waals surface area contributed by atoms with E-state index in [9.17, 15) is 26.7 Å². The molecule has 0 amide bonds. The molecule has 142 valence electrons. The number of H-pyrrole nitrogens is 1. The molecule has 3 aromatic rings. The quantitative estimate of drug-likeness (QED) is 0.574. The van der Waals surface area contributed by atoms with E-state index in [-0.39, 0.29) is 16.6 Å². The van der Waals surface area contributed by atoms with Crippen LogP contribution >= 0.6 is 0 Å². The van der Waals surface area contributed by atoms with Gasteiger partial charge in [-0.3, -0.25) is 4.79 Å². The summed E-state index contributed by atoms with van der Waals surface area (Å²) in [5.74, 6) is -1.58. The Kier molecular flexibility index (Phi) is 4.37. The lowest BCUT2D eigenvalue weighted by Crippen LogP contribution is -2.37. The van der Waals surface area contributed by atoms with Gasteiger partial charge in [0.25, 0.3) is 0 Å². The maximum atomic E-state index is 14.6. The molecule has 0 bridgehead atoms. The van der Waals surface area contributed by atoms with E-state index in [0.717, 1.165) is 32.0 Å². The number of halogens is 5. The van der Waals surface area contributed by atoms with Crippen molar-refractivity contribution in [2.75, 3.05) is 0 Å². The number of aromatic amines is 1.